The molecule has 0 bridgehead atoms. The standard InChI is InChI=1S/C21H35N7S.HI/c1-6-28-11-7-8-18(28)13-22-21(23-14-20-26-25-17(4)27(20)5)24-15(2)12-19-10-9-16(3)29-19;/h9-10,15,18H,6-8,11-14H2,1-5H3,(H2,22,23,24);1H. The number of aryl methyl sites for hydroxylation is 2. The quantitative estimate of drug-likeness (QED) is 0.303. The molecule has 0 saturated carbocycles. The van der Waals surface area contributed by atoms with Crippen LogP contribution in [0.25, 0.3) is 0 Å². The summed E-state index contributed by atoms with van der Waals surface area (Å²) in [6, 6.07) is 5.30. The molecule has 1 aliphatic rings. The van der Waals surface area contributed by atoms with E-state index >= 15 is 0 Å². The summed E-state index contributed by atoms with van der Waals surface area (Å²) in [5.41, 5.74) is 0. The molecule has 7 nitrogen and oxygen atoms in total. The molecule has 2 aromatic heterocycles. The fourth-order valence-corrected chi connectivity index (χ4v) is 4.85. The molecule has 1 saturated heterocycles. The van der Waals surface area contributed by atoms with Crippen LogP contribution in [0.3, 0.4) is 0 Å². The second-order valence-corrected chi connectivity index (χ2v) is 9.33. The van der Waals surface area contributed by atoms with Crippen LogP contribution in [-0.2, 0) is 20.0 Å². The average molecular weight is 546 g/mol. The number of aromatic nitrogens is 3. The van der Waals surface area contributed by atoms with Crippen molar-refractivity contribution in [2.75, 3.05) is 19.6 Å². The van der Waals surface area contributed by atoms with Crippen molar-refractivity contribution in [2.45, 2.75) is 65.6 Å². The van der Waals surface area contributed by atoms with E-state index in [1.54, 1.807) is 0 Å². The third-order valence-electron chi connectivity index (χ3n) is 5.66. The van der Waals surface area contributed by atoms with Crippen molar-refractivity contribution >= 4 is 41.3 Å². The number of hydrogen-bond donors (Lipinski definition) is 2. The minimum atomic E-state index is 0. The van der Waals surface area contributed by atoms with E-state index in [1.165, 1.54) is 29.1 Å². The summed E-state index contributed by atoms with van der Waals surface area (Å²) in [4.78, 5) is 10.1. The van der Waals surface area contributed by atoms with Crippen molar-refractivity contribution in [2.24, 2.45) is 12.0 Å². The Morgan fingerprint density at radius 3 is 2.77 bits per heavy atom. The molecule has 2 unspecified atom stereocenters. The molecule has 9 heteroatoms. The minimum Gasteiger partial charge on any atom is -0.355 e. The van der Waals surface area contributed by atoms with Gasteiger partial charge in [0, 0.05) is 41.9 Å². The first-order valence-corrected chi connectivity index (χ1v) is 11.5. The lowest BCUT2D eigenvalue weighted by atomic mass is 10.2. The van der Waals surface area contributed by atoms with Crippen molar-refractivity contribution in [1.82, 2.24) is 30.3 Å². The fraction of sp³-hybridized carbons (Fsp3) is 0.667. The zero-order valence-electron chi connectivity index (χ0n) is 18.8. The van der Waals surface area contributed by atoms with E-state index in [4.69, 9.17) is 4.99 Å². The fourth-order valence-electron chi connectivity index (χ4n) is 3.83. The van der Waals surface area contributed by atoms with Gasteiger partial charge in [-0.2, -0.15) is 0 Å². The lowest BCUT2D eigenvalue weighted by molar-refractivity contribution is 0.267. The number of thiophene rings is 1. The number of likely N-dealkylation sites (N-methyl/N-ethyl adjacent to an activating group) is 1. The van der Waals surface area contributed by atoms with Crippen molar-refractivity contribution < 1.29 is 0 Å². The summed E-state index contributed by atoms with van der Waals surface area (Å²) >= 11 is 1.87. The van der Waals surface area contributed by atoms with Gasteiger partial charge >= 0.3 is 0 Å². The Labute approximate surface area is 201 Å². The number of likely N-dealkylation sites (tertiary alicyclic amines) is 1. The van der Waals surface area contributed by atoms with Crippen LogP contribution in [0.4, 0.5) is 0 Å². The maximum Gasteiger partial charge on any atom is 0.191 e. The van der Waals surface area contributed by atoms with E-state index in [0.29, 0.717) is 18.6 Å². The predicted molar refractivity (Wildman–Crippen MR) is 136 cm³/mol. The monoisotopic (exact) mass is 545 g/mol. The van der Waals surface area contributed by atoms with E-state index in [1.807, 2.05) is 29.9 Å². The Balaban J connectivity index is 0.00000320. The molecule has 30 heavy (non-hydrogen) atoms. The van der Waals surface area contributed by atoms with Crippen LogP contribution in [0.5, 0.6) is 0 Å². The molecule has 0 radical (unpaired) electrons. The highest BCUT2D eigenvalue weighted by Gasteiger charge is 2.23. The van der Waals surface area contributed by atoms with Crippen LogP contribution in [-0.4, -0.2) is 57.3 Å². The predicted octanol–water partition coefficient (Wildman–Crippen LogP) is 3.26. The molecule has 0 amide bonds. The Kier molecular flexibility index (Phi) is 10.0. The highest BCUT2D eigenvalue weighted by molar-refractivity contribution is 14.0. The third kappa shape index (κ3) is 6.91. The minimum absolute atomic E-state index is 0. The molecular formula is C21H36IN7S. The summed E-state index contributed by atoms with van der Waals surface area (Å²) < 4.78 is 1.99. The van der Waals surface area contributed by atoms with E-state index in [2.05, 4.69) is 58.6 Å². The topological polar surface area (TPSA) is 70.4 Å². The molecule has 0 aliphatic carbocycles. The van der Waals surface area contributed by atoms with Crippen LogP contribution < -0.4 is 10.6 Å². The normalized spacial score (nSPS) is 18.3. The average Bonchev–Trinajstić information content (AvgIpc) is 3.40. The van der Waals surface area contributed by atoms with Gasteiger partial charge in [0.15, 0.2) is 11.8 Å². The lowest BCUT2D eigenvalue weighted by Crippen LogP contribution is -2.47. The van der Waals surface area contributed by atoms with Crippen LogP contribution in [0.2, 0.25) is 0 Å². The summed E-state index contributed by atoms with van der Waals surface area (Å²) in [7, 11) is 1.99. The summed E-state index contributed by atoms with van der Waals surface area (Å²) in [6.45, 7) is 12.3. The Morgan fingerprint density at radius 2 is 2.13 bits per heavy atom. The molecule has 3 heterocycles. The zero-order valence-corrected chi connectivity index (χ0v) is 22.0. The van der Waals surface area contributed by atoms with Crippen molar-refractivity contribution in [3.63, 3.8) is 0 Å². The van der Waals surface area contributed by atoms with E-state index in [9.17, 15) is 0 Å². The van der Waals surface area contributed by atoms with Crippen molar-refractivity contribution in [3.8, 4) is 0 Å². The Hall–Kier alpha value is -1.20. The van der Waals surface area contributed by atoms with Gasteiger partial charge in [-0.1, -0.05) is 6.92 Å². The van der Waals surface area contributed by atoms with Gasteiger partial charge in [-0.15, -0.1) is 45.5 Å². The van der Waals surface area contributed by atoms with Crippen LogP contribution in [0.15, 0.2) is 17.1 Å². The largest absolute Gasteiger partial charge is 0.355 e. The number of hydrogen-bond acceptors (Lipinski definition) is 5. The second kappa shape index (κ2) is 12.0. The van der Waals surface area contributed by atoms with E-state index in [-0.39, 0.29) is 24.0 Å². The van der Waals surface area contributed by atoms with E-state index in [0.717, 1.165) is 37.1 Å². The van der Waals surface area contributed by atoms with Crippen LogP contribution >= 0.6 is 35.3 Å². The Morgan fingerprint density at radius 1 is 1.33 bits per heavy atom. The maximum atomic E-state index is 4.82. The number of aliphatic imine (C=N–C) groups is 1. The van der Waals surface area contributed by atoms with Gasteiger partial charge < -0.3 is 15.2 Å². The third-order valence-corrected chi connectivity index (χ3v) is 6.68. The van der Waals surface area contributed by atoms with Crippen LogP contribution in [0.1, 0.15) is 48.1 Å². The van der Waals surface area contributed by atoms with Gasteiger partial charge in [-0.05, 0) is 58.8 Å². The SMILES string of the molecule is CCN1CCCC1CNC(=NCc1nnc(C)n1C)NC(C)Cc1ccc(C)s1.I. The van der Waals surface area contributed by atoms with Crippen molar-refractivity contribution in [1.29, 1.82) is 0 Å². The Bertz CT molecular complexity index is 816. The number of guanidine groups is 1. The maximum absolute atomic E-state index is 4.82. The van der Waals surface area contributed by atoms with Gasteiger partial charge in [0.1, 0.15) is 12.4 Å². The number of nitrogens with one attached hydrogen (secondary N) is 2. The molecule has 1 aliphatic heterocycles. The van der Waals surface area contributed by atoms with Crippen molar-refractivity contribution in [3.05, 3.63) is 33.5 Å². The molecule has 3 rings (SSSR count). The highest BCUT2D eigenvalue weighted by Crippen LogP contribution is 2.17. The molecular weight excluding hydrogens is 509 g/mol. The zero-order chi connectivity index (χ0) is 20.8. The highest BCUT2D eigenvalue weighted by atomic mass is 127. The van der Waals surface area contributed by atoms with Gasteiger partial charge in [0.2, 0.25) is 0 Å². The molecule has 2 aromatic rings. The van der Waals surface area contributed by atoms with Crippen LogP contribution in [0, 0.1) is 13.8 Å². The smallest absolute Gasteiger partial charge is 0.191 e. The molecule has 0 aromatic carbocycles. The number of rotatable bonds is 8. The molecule has 2 atom stereocenters. The first-order valence-electron chi connectivity index (χ1n) is 10.6. The summed E-state index contributed by atoms with van der Waals surface area (Å²) in [6.07, 6.45) is 3.53. The molecule has 1 fully saturated rings. The first-order chi connectivity index (χ1) is 14.0. The van der Waals surface area contributed by atoms with Gasteiger partial charge in [-0.25, -0.2) is 4.99 Å². The number of nitrogens with zero attached hydrogens (tertiary/aromatic N) is 5. The summed E-state index contributed by atoms with van der Waals surface area (Å²) in [5, 5.41) is 15.6. The number of halogens is 1. The molecule has 2 N–H and O–H groups in total. The van der Waals surface area contributed by atoms with Gasteiger partial charge in [0.25, 0.3) is 0 Å². The molecule has 168 valence electrons. The molecule has 0 spiro atoms. The van der Waals surface area contributed by atoms with Gasteiger partial charge in [0.05, 0.1) is 0 Å². The van der Waals surface area contributed by atoms with E-state index < -0.39 is 0 Å². The van der Waals surface area contributed by atoms with Gasteiger partial charge in [-0.3, -0.25) is 4.90 Å². The lowest BCUT2D eigenvalue weighted by Gasteiger charge is -2.25. The first kappa shape index (κ1) is 25.1. The second-order valence-electron chi connectivity index (χ2n) is 7.95. The summed E-state index contributed by atoms with van der Waals surface area (Å²) in [5.74, 6) is 2.64.